The number of carbonyl (C=O) groups is 4. The van der Waals surface area contributed by atoms with Gasteiger partial charge < -0.3 is 77.4 Å². The van der Waals surface area contributed by atoms with Crippen molar-refractivity contribution < 1.29 is 146 Å². The molecule has 4 heterocycles. The number of rotatable bonds is 20. The third kappa shape index (κ3) is 11.9. The SMILES string of the molecule is CCCOc1ccc2c(c1-c1ccccc1OC)CC(Oc1cnccc1C(=O)O)(C(=O)[O-])C2c1ccc2c(c1)OCO2.CCCOc1ccc2c(c1-c1ccccc1OC)CC(Oc1cnccc1C(=O)O)(C(=O)[O-])C2c1ccc2c(c1)OCO2.[Na+].[Na+]. The predicted octanol–water partition coefficient (Wildman–Crippen LogP) is 2.47. The minimum Gasteiger partial charge on any atom is -0.546 e. The Morgan fingerprint density at radius 1 is 0.523 bits per heavy atom. The Kier molecular flexibility index (Phi) is 19.8. The van der Waals surface area contributed by atoms with Crippen molar-refractivity contribution in [3.8, 4) is 79.7 Å². The molecule has 4 unspecified atom stereocenters. The maximum absolute atomic E-state index is 13.4. The van der Waals surface area contributed by atoms with Gasteiger partial charge in [-0.3, -0.25) is 9.97 Å². The smallest absolute Gasteiger partial charge is 0.546 e. The van der Waals surface area contributed by atoms with E-state index in [2.05, 4.69) is 9.97 Å². The maximum atomic E-state index is 13.4. The van der Waals surface area contributed by atoms with Gasteiger partial charge in [0.25, 0.3) is 0 Å². The number of fused-ring (bicyclic) bond motifs is 4. The average molecular weight is 1210 g/mol. The summed E-state index contributed by atoms with van der Waals surface area (Å²) in [5, 5.41) is 46.5. The van der Waals surface area contributed by atoms with Crippen molar-refractivity contribution in [2.75, 3.05) is 41.0 Å². The Morgan fingerprint density at radius 3 is 1.30 bits per heavy atom. The molecule has 0 saturated heterocycles. The molecule has 0 saturated carbocycles. The van der Waals surface area contributed by atoms with Crippen LogP contribution in [0.3, 0.4) is 0 Å². The minimum atomic E-state index is -2.08. The van der Waals surface area contributed by atoms with E-state index in [9.17, 15) is 39.6 Å². The molecule has 12 rings (SSSR count). The Hall–Kier alpha value is -8.50. The first-order valence-corrected chi connectivity index (χ1v) is 27.5. The van der Waals surface area contributed by atoms with Crippen molar-refractivity contribution in [1.29, 1.82) is 0 Å². The fourth-order valence-electron chi connectivity index (χ4n) is 11.8. The zero-order chi connectivity index (χ0) is 60.3. The minimum absolute atomic E-state index is 0. The fourth-order valence-corrected chi connectivity index (χ4v) is 11.8. The molecule has 0 bridgehead atoms. The van der Waals surface area contributed by atoms with Crippen LogP contribution in [0, 0.1) is 0 Å². The number of carboxylic acid groups (broad SMARTS) is 4. The molecule has 440 valence electrons. The second-order valence-corrected chi connectivity index (χ2v) is 20.5. The fraction of sp³-hybridized carbons (Fsp3) is 0.242. The molecule has 2 aliphatic heterocycles. The molecular formula is C66H56N2Na2O18. The van der Waals surface area contributed by atoms with Crippen molar-refractivity contribution in [3.63, 3.8) is 0 Å². The topological polar surface area (TPSA) is 273 Å². The van der Waals surface area contributed by atoms with Gasteiger partial charge in [-0.15, -0.1) is 0 Å². The maximum Gasteiger partial charge on any atom is 1.00 e. The summed E-state index contributed by atoms with van der Waals surface area (Å²) in [5.74, 6) is -3.67. The summed E-state index contributed by atoms with van der Waals surface area (Å²) >= 11 is 0. The van der Waals surface area contributed by atoms with Crippen LogP contribution in [0.2, 0.25) is 0 Å². The van der Waals surface area contributed by atoms with Crippen LogP contribution in [-0.2, 0) is 22.4 Å². The van der Waals surface area contributed by atoms with Gasteiger partial charge in [-0.1, -0.05) is 74.5 Å². The quantitative estimate of drug-likeness (QED) is 0.104. The first-order chi connectivity index (χ1) is 41.7. The number of ether oxygens (including phenoxy) is 10. The number of methoxy groups -OCH3 is 2. The van der Waals surface area contributed by atoms with Crippen molar-refractivity contribution in [2.45, 2.75) is 62.6 Å². The van der Waals surface area contributed by atoms with Gasteiger partial charge >= 0.3 is 71.1 Å². The van der Waals surface area contributed by atoms with Crippen LogP contribution in [-0.4, -0.2) is 96.3 Å². The molecule has 8 aromatic rings. The van der Waals surface area contributed by atoms with E-state index in [0.29, 0.717) is 115 Å². The molecule has 6 aromatic carbocycles. The molecule has 2 aliphatic carbocycles. The second-order valence-electron chi connectivity index (χ2n) is 20.5. The molecule has 20 nitrogen and oxygen atoms in total. The molecular weight excluding hydrogens is 1150 g/mol. The van der Waals surface area contributed by atoms with Crippen molar-refractivity contribution in [2.24, 2.45) is 0 Å². The number of carboxylic acids is 4. The number of aromatic nitrogens is 2. The Labute approximate surface area is 549 Å². The van der Waals surface area contributed by atoms with Crippen LogP contribution in [0.25, 0.3) is 22.3 Å². The summed E-state index contributed by atoms with van der Waals surface area (Å²) in [6, 6.07) is 35.0. The van der Waals surface area contributed by atoms with Crippen molar-refractivity contribution in [1.82, 2.24) is 9.97 Å². The van der Waals surface area contributed by atoms with Gasteiger partial charge in [0.15, 0.2) is 45.7 Å². The van der Waals surface area contributed by atoms with E-state index in [4.69, 9.17) is 47.4 Å². The van der Waals surface area contributed by atoms with E-state index in [0.717, 1.165) is 12.8 Å². The van der Waals surface area contributed by atoms with E-state index >= 15 is 0 Å². The number of para-hydroxylation sites is 2. The van der Waals surface area contributed by atoms with Crippen LogP contribution >= 0.6 is 0 Å². The molecule has 2 aromatic heterocycles. The summed E-state index contributed by atoms with van der Waals surface area (Å²) in [7, 11) is 3.13. The number of aliphatic carboxylic acids is 2. The number of pyridine rings is 2. The molecule has 0 amide bonds. The first kappa shape index (κ1) is 64.0. The van der Waals surface area contributed by atoms with Crippen LogP contribution < -0.4 is 117 Å². The molecule has 4 atom stereocenters. The van der Waals surface area contributed by atoms with E-state index in [1.807, 2.05) is 86.6 Å². The van der Waals surface area contributed by atoms with E-state index in [1.165, 1.54) is 36.9 Å². The Morgan fingerprint density at radius 2 is 0.920 bits per heavy atom. The third-order valence-electron chi connectivity index (χ3n) is 15.5. The molecule has 0 radical (unpaired) electrons. The number of aromatic carboxylic acids is 2. The summed E-state index contributed by atoms with van der Waals surface area (Å²) in [6.45, 7) is 4.94. The summed E-state index contributed by atoms with van der Waals surface area (Å²) in [6.07, 6.45) is 6.18. The molecule has 22 heteroatoms. The molecule has 2 N–H and O–H groups in total. The summed E-state index contributed by atoms with van der Waals surface area (Å²) in [4.78, 5) is 59.0. The van der Waals surface area contributed by atoms with Crippen LogP contribution in [0.1, 0.15) is 92.6 Å². The van der Waals surface area contributed by atoms with E-state index in [-0.39, 0.29) is 108 Å². The van der Waals surface area contributed by atoms with Gasteiger partial charge in [-0.2, -0.15) is 0 Å². The number of hydrogen-bond acceptors (Lipinski definition) is 18. The van der Waals surface area contributed by atoms with Crippen molar-refractivity contribution in [3.05, 3.63) is 191 Å². The van der Waals surface area contributed by atoms with Gasteiger partial charge in [0, 0.05) is 47.5 Å². The third-order valence-corrected chi connectivity index (χ3v) is 15.5. The summed E-state index contributed by atoms with van der Waals surface area (Å²) in [5.41, 5.74) is 1.81. The van der Waals surface area contributed by atoms with Crippen LogP contribution in [0.4, 0.5) is 0 Å². The van der Waals surface area contributed by atoms with Gasteiger partial charge in [0.05, 0.1) is 63.6 Å². The monoisotopic (exact) mass is 1210 g/mol. The largest absolute Gasteiger partial charge is 1.00 e. The standard InChI is InChI=1S/2C33H29NO9.2Na/c2*1-3-14-40-26-11-9-20-23(29(26)21-6-4-5-7-24(21)39-2)16-33(32(37)38,43-28-17-34-13-12-22(28)31(35)36)30(20)19-8-10-25-27(15-19)42-18-41-25;;/h2*4-13,15,17,30H,3,14,16,18H2,1-2H3,(H,35,36)(H,37,38);;/q;;2*+1/p-2. The number of benzene rings is 6. The molecule has 0 spiro atoms. The average Bonchev–Trinajstić information content (AvgIpc) is 2.14. The van der Waals surface area contributed by atoms with Gasteiger partial charge in [0.2, 0.25) is 13.6 Å². The van der Waals surface area contributed by atoms with Crippen molar-refractivity contribution >= 4 is 23.9 Å². The zero-order valence-corrected chi connectivity index (χ0v) is 53.0. The molecule has 4 aliphatic rings. The normalized spacial score (nSPS) is 17.7. The summed E-state index contributed by atoms with van der Waals surface area (Å²) < 4.78 is 58.6. The van der Waals surface area contributed by atoms with Crippen LogP contribution in [0.15, 0.2) is 146 Å². The predicted molar refractivity (Wildman–Crippen MR) is 304 cm³/mol. The molecule has 0 fully saturated rings. The number of nitrogens with zero attached hydrogens (tertiary/aromatic N) is 2. The van der Waals surface area contributed by atoms with E-state index < -0.39 is 46.9 Å². The second kappa shape index (κ2) is 27.3. The van der Waals surface area contributed by atoms with E-state index in [1.54, 1.807) is 50.6 Å². The zero-order valence-electron chi connectivity index (χ0n) is 49.0. The molecule has 88 heavy (non-hydrogen) atoms. The Balaban J connectivity index is 0.000000205. The number of carbonyl (C=O) groups excluding carboxylic acids is 2. The van der Waals surface area contributed by atoms with Gasteiger partial charge in [0.1, 0.15) is 34.1 Å². The van der Waals surface area contributed by atoms with Gasteiger partial charge in [-0.25, -0.2) is 9.59 Å². The first-order valence-electron chi connectivity index (χ1n) is 27.5. The number of hydrogen-bond donors (Lipinski definition) is 2. The Bertz CT molecular complexity index is 3700. The van der Waals surface area contributed by atoms with Crippen LogP contribution in [0.5, 0.6) is 57.5 Å². The van der Waals surface area contributed by atoms with Gasteiger partial charge in [-0.05, 0) is 107 Å².